The first-order chi connectivity index (χ1) is 16.3. The van der Waals surface area contributed by atoms with Crippen molar-refractivity contribution in [1.29, 1.82) is 0 Å². The lowest BCUT2D eigenvalue weighted by Gasteiger charge is -2.50. The lowest BCUT2D eigenvalue weighted by Crippen LogP contribution is -2.65. The average molecular weight is 486 g/mol. The van der Waals surface area contributed by atoms with Crippen LogP contribution < -0.4 is 5.32 Å². The normalized spacial score (nSPS) is 24.4. The highest BCUT2D eigenvalue weighted by atomic mass is 35.5. The van der Waals surface area contributed by atoms with E-state index in [2.05, 4.69) is 17.4 Å². The van der Waals surface area contributed by atoms with Crippen LogP contribution in [-0.2, 0) is 12.6 Å². The van der Waals surface area contributed by atoms with Crippen molar-refractivity contribution in [3.8, 4) is 0 Å². The Morgan fingerprint density at radius 3 is 2.26 bits per heavy atom. The Morgan fingerprint density at radius 2 is 1.62 bits per heavy atom. The SMILES string of the molecule is O=C(NC(c1ccccc1)[N+]12CC(CC1Cc1ccccc1)C2)c1cccc(C(F)(F)F)c1Cl. The fraction of sp³-hybridized carbons (Fsp3) is 0.296. The number of benzene rings is 3. The van der Waals surface area contributed by atoms with Crippen LogP contribution in [0.15, 0.2) is 78.9 Å². The van der Waals surface area contributed by atoms with E-state index in [4.69, 9.17) is 11.6 Å². The second-order valence-corrected chi connectivity index (χ2v) is 9.74. The molecule has 3 aromatic carbocycles. The Morgan fingerprint density at radius 1 is 0.971 bits per heavy atom. The number of fused-ring (bicyclic) bond motifs is 1. The van der Waals surface area contributed by atoms with E-state index in [9.17, 15) is 18.0 Å². The summed E-state index contributed by atoms with van der Waals surface area (Å²) >= 11 is 6.07. The van der Waals surface area contributed by atoms with E-state index < -0.39 is 22.7 Å². The summed E-state index contributed by atoms with van der Waals surface area (Å²) in [7, 11) is 0. The minimum absolute atomic E-state index is 0.161. The van der Waals surface area contributed by atoms with Crippen molar-refractivity contribution in [2.45, 2.75) is 31.2 Å². The molecular formula is C27H25ClF3N2O+. The van der Waals surface area contributed by atoms with Gasteiger partial charge in [-0.15, -0.1) is 0 Å². The van der Waals surface area contributed by atoms with Crippen molar-refractivity contribution in [2.24, 2.45) is 5.92 Å². The van der Waals surface area contributed by atoms with Crippen LogP contribution in [-0.4, -0.2) is 29.5 Å². The van der Waals surface area contributed by atoms with Crippen LogP contribution in [0.5, 0.6) is 0 Å². The van der Waals surface area contributed by atoms with Crippen molar-refractivity contribution in [2.75, 3.05) is 13.1 Å². The van der Waals surface area contributed by atoms with Crippen molar-refractivity contribution in [1.82, 2.24) is 5.32 Å². The number of carbonyl (C=O) groups excluding carboxylic acids is 1. The molecule has 2 unspecified atom stereocenters. The van der Waals surface area contributed by atoms with Gasteiger partial charge in [0.1, 0.15) is 0 Å². The molecular weight excluding hydrogens is 461 g/mol. The summed E-state index contributed by atoms with van der Waals surface area (Å²) in [4.78, 5) is 13.3. The molecule has 34 heavy (non-hydrogen) atoms. The minimum atomic E-state index is -4.63. The van der Waals surface area contributed by atoms with E-state index in [0.29, 0.717) is 16.4 Å². The molecule has 0 spiro atoms. The van der Waals surface area contributed by atoms with Gasteiger partial charge in [0.05, 0.1) is 41.2 Å². The van der Waals surface area contributed by atoms with Crippen LogP contribution in [0.2, 0.25) is 5.02 Å². The molecule has 0 aliphatic carbocycles. The molecule has 3 saturated heterocycles. The first kappa shape index (κ1) is 22.9. The Bertz CT molecular complexity index is 1180. The van der Waals surface area contributed by atoms with Gasteiger partial charge in [0.15, 0.2) is 6.17 Å². The monoisotopic (exact) mass is 485 g/mol. The van der Waals surface area contributed by atoms with Crippen LogP contribution in [0, 0.1) is 5.92 Å². The van der Waals surface area contributed by atoms with Gasteiger partial charge < -0.3 is 0 Å². The molecule has 3 aromatic rings. The van der Waals surface area contributed by atoms with Crippen LogP contribution >= 0.6 is 11.6 Å². The summed E-state index contributed by atoms with van der Waals surface area (Å²) in [6.45, 7) is 1.88. The third-order valence-electron chi connectivity index (χ3n) is 7.29. The standard InChI is InChI=1S/C27H24ClF3N2O/c28-24-22(12-7-13-23(24)27(29,30)31)26(34)32-25(20-10-5-2-6-11-20)33-16-19(17-33)15-21(33)14-18-8-3-1-4-9-18/h1-13,19,21,25H,14-17H2/p+1. The summed E-state index contributed by atoms with van der Waals surface area (Å²) in [6.07, 6.45) is -3.04. The largest absolute Gasteiger partial charge is 0.417 e. The molecule has 1 amide bonds. The molecule has 3 nitrogen and oxygen atoms in total. The maximum absolute atomic E-state index is 13.4. The number of hydrogen-bond donors (Lipinski definition) is 1. The van der Waals surface area contributed by atoms with E-state index in [0.717, 1.165) is 37.6 Å². The Kier molecular flexibility index (Phi) is 5.90. The van der Waals surface area contributed by atoms with Crippen LogP contribution in [0.1, 0.15) is 39.6 Å². The Labute approximate surface area is 201 Å². The molecule has 7 heteroatoms. The van der Waals surface area contributed by atoms with Gasteiger partial charge in [-0.2, -0.15) is 13.2 Å². The number of alkyl halides is 3. The zero-order chi connectivity index (χ0) is 23.9. The molecule has 0 radical (unpaired) electrons. The molecule has 0 saturated carbocycles. The van der Waals surface area contributed by atoms with E-state index in [1.54, 1.807) is 0 Å². The smallest absolute Gasteiger partial charge is 0.299 e. The highest BCUT2D eigenvalue weighted by molar-refractivity contribution is 6.34. The summed E-state index contributed by atoms with van der Waals surface area (Å²) in [5.41, 5.74) is 1.03. The minimum Gasteiger partial charge on any atom is -0.299 e. The third kappa shape index (κ3) is 4.10. The second kappa shape index (κ2) is 8.75. The summed E-state index contributed by atoms with van der Waals surface area (Å²) in [5, 5.41) is 2.52. The van der Waals surface area contributed by atoms with E-state index in [1.807, 2.05) is 48.5 Å². The van der Waals surface area contributed by atoms with Gasteiger partial charge in [-0.1, -0.05) is 78.3 Å². The van der Waals surface area contributed by atoms with E-state index in [-0.39, 0.29) is 11.7 Å². The third-order valence-corrected chi connectivity index (χ3v) is 7.70. The zero-order valence-corrected chi connectivity index (χ0v) is 19.2. The van der Waals surface area contributed by atoms with Crippen LogP contribution in [0.25, 0.3) is 0 Å². The number of quaternary nitrogens is 1. The summed E-state index contributed by atoms with van der Waals surface area (Å²) < 4.78 is 40.8. The van der Waals surface area contributed by atoms with Crippen molar-refractivity contribution < 1.29 is 22.4 Å². The number of rotatable bonds is 6. The van der Waals surface area contributed by atoms with Gasteiger partial charge in [-0.05, 0) is 17.7 Å². The number of amides is 1. The van der Waals surface area contributed by atoms with Gasteiger partial charge in [0, 0.05) is 18.4 Å². The molecule has 3 heterocycles. The molecule has 1 N–H and O–H groups in total. The van der Waals surface area contributed by atoms with Crippen molar-refractivity contribution in [3.05, 3.63) is 106 Å². The molecule has 0 aromatic heterocycles. The topological polar surface area (TPSA) is 29.1 Å². The molecule has 176 valence electrons. The molecule has 2 bridgehead atoms. The summed E-state index contributed by atoms with van der Waals surface area (Å²) in [5.74, 6) is 0.000219. The first-order valence-corrected chi connectivity index (χ1v) is 11.8. The van der Waals surface area contributed by atoms with Crippen molar-refractivity contribution in [3.63, 3.8) is 0 Å². The average Bonchev–Trinajstić information content (AvgIpc) is 3.32. The Hall–Kier alpha value is -2.83. The first-order valence-electron chi connectivity index (χ1n) is 11.4. The lowest BCUT2D eigenvalue weighted by atomic mass is 9.99. The van der Waals surface area contributed by atoms with Gasteiger partial charge in [-0.25, -0.2) is 0 Å². The molecule has 3 aliphatic rings. The quantitative estimate of drug-likeness (QED) is 0.411. The molecule has 3 fully saturated rings. The molecule has 6 rings (SSSR count). The second-order valence-electron chi connectivity index (χ2n) is 9.36. The van der Waals surface area contributed by atoms with Gasteiger partial charge in [0.25, 0.3) is 5.91 Å². The number of halogens is 4. The van der Waals surface area contributed by atoms with Crippen LogP contribution in [0.4, 0.5) is 13.2 Å². The summed E-state index contributed by atoms with van der Waals surface area (Å²) in [6, 6.07) is 23.8. The fourth-order valence-corrected chi connectivity index (χ4v) is 6.11. The maximum atomic E-state index is 13.4. The lowest BCUT2D eigenvalue weighted by molar-refractivity contribution is -0.998. The number of nitrogens with one attached hydrogen (secondary N) is 1. The predicted octanol–water partition coefficient (Wildman–Crippen LogP) is 6.25. The number of carbonyl (C=O) groups is 1. The van der Waals surface area contributed by atoms with Gasteiger partial charge >= 0.3 is 6.18 Å². The highest BCUT2D eigenvalue weighted by Crippen LogP contribution is 2.50. The molecule has 2 atom stereocenters. The fourth-order valence-electron chi connectivity index (χ4n) is 5.80. The van der Waals surface area contributed by atoms with Gasteiger partial charge in [-0.3, -0.25) is 14.6 Å². The molecule has 3 aliphatic heterocycles. The predicted molar refractivity (Wildman–Crippen MR) is 125 cm³/mol. The number of hydrogen-bond acceptors (Lipinski definition) is 1. The van der Waals surface area contributed by atoms with Crippen LogP contribution in [0.3, 0.4) is 0 Å². The van der Waals surface area contributed by atoms with Gasteiger partial charge in [0.2, 0.25) is 0 Å². The maximum Gasteiger partial charge on any atom is 0.417 e. The number of nitrogens with zero attached hydrogens (tertiary/aromatic N) is 1. The Balaban J connectivity index is 1.48. The zero-order valence-electron chi connectivity index (χ0n) is 18.4. The van der Waals surface area contributed by atoms with E-state index >= 15 is 0 Å². The van der Waals surface area contributed by atoms with Crippen molar-refractivity contribution >= 4 is 17.5 Å². The highest BCUT2D eigenvalue weighted by Gasteiger charge is 2.62. The van der Waals surface area contributed by atoms with E-state index in [1.165, 1.54) is 17.7 Å².